The van der Waals surface area contributed by atoms with Crippen molar-refractivity contribution in [2.45, 2.75) is 39.8 Å². The number of aromatic nitrogens is 3. The standard InChI is InChI=1S/C27H29FN4O2/c1-19(2)14-16-31-17-21(23-5-3-4-6-25(23)31)13-15-29-26(33)18-32-27(34)12-11-24(30-32)20-7-9-22(28)10-8-20/h3-12,17,19H,13-16,18H2,1-2H3,(H,29,33). The van der Waals surface area contributed by atoms with Gasteiger partial charge in [-0.15, -0.1) is 0 Å². The number of carbonyl (C=O) groups excluding carboxylic acids is 1. The van der Waals surface area contributed by atoms with Crippen molar-refractivity contribution in [2.24, 2.45) is 5.92 Å². The molecule has 1 amide bonds. The molecule has 34 heavy (non-hydrogen) atoms. The van der Waals surface area contributed by atoms with Crippen molar-refractivity contribution >= 4 is 16.8 Å². The third kappa shape index (κ3) is 5.60. The Hall–Kier alpha value is -3.74. The molecule has 0 aliphatic heterocycles. The highest BCUT2D eigenvalue weighted by Crippen LogP contribution is 2.22. The number of hydrogen-bond donors (Lipinski definition) is 1. The minimum absolute atomic E-state index is 0.177. The fourth-order valence-corrected chi connectivity index (χ4v) is 3.97. The van der Waals surface area contributed by atoms with E-state index in [-0.39, 0.29) is 23.8 Å². The first kappa shape index (κ1) is 23.4. The summed E-state index contributed by atoms with van der Waals surface area (Å²) in [6, 6.07) is 17.1. The average molecular weight is 461 g/mol. The van der Waals surface area contributed by atoms with Crippen LogP contribution in [-0.2, 0) is 24.3 Å². The van der Waals surface area contributed by atoms with Crippen molar-refractivity contribution in [3.05, 3.63) is 88.6 Å². The molecule has 0 atom stereocenters. The monoisotopic (exact) mass is 460 g/mol. The van der Waals surface area contributed by atoms with Gasteiger partial charge in [0.15, 0.2) is 0 Å². The highest BCUT2D eigenvalue weighted by Gasteiger charge is 2.11. The molecule has 7 heteroatoms. The van der Waals surface area contributed by atoms with Gasteiger partial charge in [-0.3, -0.25) is 9.59 Å². The molecule has 2 heterocycles. The SMILES string of the molecule is CC(C)CCn1cc(CCNC(=O)Cn2nc(-c3ccc(F)cc3)ccc2=O)c2ccccc21. The van der Waals surface area contributed by atoms with Crippen LogP contribution in [0, 0.1) is 11.7 Å². The predicted molar refractivity (Wildman–Crippen MR) is 132 cm³/mol. The van der Waals surface area contributed by atoms with Crippen LogP contribution in [0.2, 0.25) is 0 Å². The maximum absolute atomic E-state index is 13.2. The zero-order valence-electron chi connectivity index (χ0n) is 19.5. The van der Waals surface area contributed by atoms with Crippen molar-refractivity contribution in [1.29, 1.82) is 0 Å². The summed E-state index contributed by atoms with van der Waals surface area (Å²) in [6.45, 7) is 5.69. The van der Waals surface area contributed by atoms with E-state index < -0.39 is 0 Å². The predicted octanol–water partition coefficient (Wildman–Crippen LogP) is 4.41. The second kappa shape index (κ2) is 10.5. The number of benzene rings is 2. The van der Waals surface area contributed by atoms with E-state index in [0.29, 0.717) is 30.1 Å². The Morgan fingerprint density at radius 2 is 1.82 bits per heavy atom. The lowest BCUT2D eigenvalue weighted by Gasteiger charge is -2.08. The first-order valence-corrected chi connectivity index (χ1v) is 11.6. The molecule has 2 aromatic heterocycles. The van der Waals surface area contributed by atoms with Gasteiger partial charge in [0, 0.05) is 41.8 Å². The van der Waals surface area contributed by atoms with Gasteiger partial charge in [-0.2, -0.15) is 5.10 Å². The van der Waals surface area contributed by atoms with E-state index in [2.05, 4.69) is 47.2 Å². The van der Waals surface area contributed by atoms with Crippen molar-refractivity contribution in [3.8, 4) is 11.3 Å². The van der Waals surface area contributed by atoms with Crippen LogP contribution in [0.3, 0.4) is 0 Å². The molecule has 6 nitrogen and oxygen atoms in total. The third-order valence-corrected chi connectivity index (χ3v) is 5.83. The highest BCUT2D eigenvalue weighted by atomic mass is 19.1. The van der Waals surface area contributed by atoms with E-state index >= 15 is 0 Å². The second-order valence-corrected chi connectivity index (χ2v) is 8.87. The molecule has 0 unspecified atom stereocenters. The Balaban J connectivity index is 1.40. The maximum Gasteiger partial charge on any atom is 0.267 e. The fourth-order valence-electron chi connectivity index (χ4n) is 3.97. The molecule has 0 fully saturated rings. The quantitative estimate of drug-likeness (QED) is 0.402. The Kier molecular flexibility index (Phi) is 7.21. The number of hydrogen-bond acceptors (Lipinski definition) is 3. The van der Waals surface area contributed by atoms with Gasteiger partial charge in [0.1, 0.15) is 12.4 Å². The van der Waals surface area contributed by atoms with Gasteiger partial charge in [0.25, 0.3) is 5.56 Å². The number of amides is 1. The summed E-state index contributed by atoms with van der Waals surface area (Å²) in [5, 5.41) is 8.37. The number of para-hydroxylation sites is 1. The van der Waals surface area contributed by atoms with Gasteiger partial charge in [0.2, 0.25) is 5.91 Å². The van der Waals surface area contributed by atoms with Crippen LogP contribution in [-0.4, -0.2) is 26.8 Å². The average Bonchev–Trinajstić information content (AvgIpc) is 3.17. The van der Waals surface area contributed by atoms with Crippen LogP contribution in [0.25, 0.3) is 22.2 Å². The van der Waals surface area contributed by atoms with E-state index in [0.717, 1.165) is 17.6 Å². The topological polar surface area (TPSA) is 68.9 Å². The first-order valence-electron chi connectivity index (χ1n) is 11.6. The lowest BCUT2D eigenvalue weighted by molar-refractivity contribution is -0.121. The van der Waals surface area contributed by atoms with E-state index in [1.54, 1.807) is 18.2 Å². The van der Waals surface area contributed by atoms with Crippen molar-refractivity contribution in [1.82, 2.24) is 19.7 Å². The minimum Gasteiger partial charge on any atom is -0.354 e. The largest absolute Gasteiger partial charge is 0.354 e. The minimum atomic E-state index is -0.366. The molecule has 0 saturated heterocycles. The molecule has 4 aromatic rings. The first-order chi connectivity index (χ1) is 16.4. The molecule has 0 saturated carbocycles. The Morgan fingerprint density at radius 3 is 2.59 bits per heavy atom. The number of carbonyl (C=O) groups is 1. The summed E-state index contributed by atoms with van der Waals surface area (Å²) in [5.74, 6) is -0.00336. The van der Waals surface area contributed by atoms with Crippen molar-refractivity contribution in [3.63, 3.8) is 0 Å². The van der Waals surface area contributed by atoms with Crippen molar-refractivity contribution in [2.75, 3.05) is 6.54 Å². The van der Waals surface area contributed by atoms with Crippen LogP contribution in [0.15, 0.2) is 71.7 Å². The van der Waals surface area contributed by atoms with Gasteiger partial charge in [-0.1, -0.05) is 32.0 Å². The molecule has 0 aliphatic rings. The Morgan fingerprint density at radius 1 is 1.06 bits per heavy atom. The van der Waals surface area contributed by atoms with Gasteiger partial charge >= 0.3 is 0 Å². The van der Waals surface area contributed by atoms with Crippen LogP contribution >= 0.6 is 0 Å². The molecule has 0 aliphatic carbocycles. The summed E-state index contributed by atoms with van der Waals surface area (Å²) < 4.78 is 16.6. The number of rotatable bonds is 9. The molecule has 0 bridgehead atoms. The van der Waals surface area contributed by atoms with E-state index in [1.807, 2.05) is 12.1 Å². The van der Waals surface area contributed by atoms with E-state index in [4.69, 9.17) is 0 Å². The lowest BCUT2D eigenvalue weighted by Crippen LogP contribution is -2.34. The molecular formula is C27H29FN4O2. The van der Waals surface area contributed by atoms with Crippen LogP contribution in [0.4, 0.5) is 4.39 Å². The summed E-state index contributed by atoms with van der Waals surface area (Å²) in [6.07, 6.45) is 3.98. The molecule has 4 rings (SSSR count). The molecule has 2 aromatic carbocycles. The number of nitrogens with one attached hydrogen (secondary N) is 1. The van der Waals surface area contributed by atoms with Gasteiger partial charge in [0.05, 0.1) is 5.69 Å². The molecular weight excluding hydrogens is 431 g/mol. The normalized spacial score (nSPS) is 11.3. The summed E-state index contributed by atoms with van der Waals surface area (Å²) >= 11 is 0. The lowest BCUT2D eigenvalue weighted by atomic mass is 10.1. The zero-order chi connectivity index (χ0) is 24.1. The van der Waals surface area contributed by atoms with E-state index in [1.165, 1.54) is 34.7 Å². The van der Waals surface area contributed by atoms with Crippen LogP contribution < -0.4 is 10.9 Å². The number of fused-ring (bicyclic) bond motifs is 1. The molecule has 0 radical (unpaired) electrons. The van der Waals surface area contributed by atoms with Gasteiger partial charge in [-0.25, -0.2) is 9.07 Å². The smallest absolute Gasteiger partial charge is 0.267 e. The van der Waals surface area contributed by atoms with Gasteiger partial charge in [-0.05, 0) is 60.7 Å². The van der Waals surface area contributed by atoms with E-state index in [9.17, 15) is 14.0 Å². The Bertz CT molecular complexity index is 1340. The summed E-state index contributed by atoms with van der Waals surface area (Å²) in [4.78, 5) is 24.7. The fraction of sp³-hybridized carbons (Fsp3) is 0.296. The second-order valence-electron chi connectivity index (χ2n) is 8.87. The number of halogens is 1. The maximum atomic E-state index is 13.2. The number of aryl methyl sites for hydroxylation is 1. The van der Waals surface area contributed by atoms with Crippen molar-refractivity contribution < 1.29 is 9.18 Å². The Labute approximate surface area is 198 Å². The zero-order valence-corrected chi connectivity index (χ0v) is 19.5. The molecule has 1 N–H and O–H groups in total. The van der Waals surface area contributed by atoms with Gasteiger partial charge < -0.3 is 9.88 Å². The van der Waals surface area contributed by atoms with Crippen LogP contribution in [0.5, 0.6) is 0 Å². The summed E-state index contributed by atoms with van der Waals surface area (Å²) in [5.41, 5.74) is 3.20. The third-order valence-electron chi connectivity index (χ3n) is 5.83. The highest BCUT2D eigenvalue weighted by molar-refractivity contribution is 5.84. The number of nitrogens with zero attached hydrogens (tertiary/aromatic N) is 3. The summed E-state index contributed by atoms with van der Waals surface area (Å²) in [7, 11) is 0. The molecule has 0 spiro atoms. The molecule has 176 valence electrons. The van der Waals surface area contributed by atoms with Crippen LogP contribution in [0.1, 0.15) is 25.8 Å².